The van der Waals surface area contributed by atoms with Crippen LogP contribution < -0.4 is 0 Å². The number of aryl methyl sites for hydroxylation is 2. The van der Waals surface area contributed by atoms with Crippen molar-refractivity contribution in [3.63, 3.8) is 0 Å². The molecule has 130 valence electrons. The number of likely N-dealkylation sites (N-methyl/N-ethyl adjacent to an activating group) is 1. The highest BCUT2D eigenvalue weighted by Gasteiger charge is 2.23. The summed E-state index contributed by atoms with van der Waals surface area (Å²) >= 11 is 1.35. The highest BCUT2D eigenvalue weighted by Crippen LogP contribution is 2.22. The van der Waals surface area contributed by atoms with E-state index in [-0.39, 0.29) is 12.5 Å². The Labute approximate surface area is 146 Å². The number of hydrogen-bond acceptors (Lipinski definition) is 5. The van der Waals surface area contributed by atoms with Gasteiger partial charge in [0.05, 0.1) is 24.9 Å². The molecule has 0 saturated carbocycles. The maximum Gasteiger partial charge on any atom is 0.265 e. The molecule has 2 aromatic rings. The summed E-state index contributed by atoms with van der Waals surface area (Å²) in [6.45, 7) is 6.92. The number of aliphatic hydroxyl groups excluding tert-OH is 1. The van der Waals surface area contributed by atoms with Crippen molar-refractivity contribution in [2.75, 3.05) is 20.2 Å². The molecule has 5 nitrogen and oxygen atoms in total. The molecule has 0 bridgehead atoms. The first-order chi connectivity index (χ1) is 11.5. The van der Waals surface area contributed by atoms with Gasteiger partial charge >= 0.3 is 0 Å². The molecule has 0 aliphatic rings. The van der Waals surface area contributed by atoms with Gasteiger partial charge in [0.25, 0.3) is 5.91 Å². The van der Waals surface area contributed by atoms with Crippen molar-refractivity contribution in [1.82, 2.24) is 9.88 Å². The predicted octanol–water partition coefficient (Wildman–Crippen LogP) is 3.10. The summed E-state index contributed by atoms with van der Waals surface area (Å²) in [7, 11) is 1.61. The standard InChI is InChI=1S/C18H24N2O3S/c1-5-20(10-15(21)14-8-6-12(2)7-9-14)18(22)17-13(3)19-16(24-17)11-23-4/h6-9,15,21H,5,10-11H2,1-4H3. The fraction of sp³-hybridized carbons (Fsp3) is 0.444. The van der Waals surface area contributed by atoms with E-state index < -0.39 is 6.10 Å². The van der Waals surface area contributed by atoms with Crippen LogP contribution in [-0.4, -0.2) is 41.1 Å². The molecule has 1 aromatic carbocycles. The van der Waals surface area contributed by atoms with Crippen molar-refractivity contribution < 1.29 is 14.6 Å². The summed E-state index contributed by atoms with van der Waals surface area (Å²) in [5, 5.41) is 11.2. The Morgan fingerprint density at radius 3 is 2.58 bits per heavy atom. The largest absolute Gasteiger partial charge is 0.387 e. The fourth-order valence-electron chi connectivity index (χ4n) is 2.44. The molecular weight excluding hydrogens is 324 g/mol. The van der Waals surface area contributed by atoms with E-state index in [0.29, 0.717) is 23.7 Å². The number of methoxy groups -OCH3 is 1. The van der Waals surface area contributed by atoms with E-state index in [1.165, 1.54) is 11.3 Å². The molecule has 1 unspecified atom stereocenters. The van der Waals surface area contributed by atoms with Gasteiger partial charge in [0.2, 0.25) is 0 Å². The molecule has 1 heterocycles. The van der Waals surface area contributed by atoms with Gasteiger partial charge in [-0.1, -0.05) is 29.8 Å². The molecule has 0 radical (unpaired) electrons. The Bertz CT molecular complexity index is 682. The second-order valence-corrected chi connectivity index (χ2v) is 6.81. The molecule has 0 aliphatic heterocycles. The smallest absolute Gasteiger partial charge is 0.265 e. The third-order valence-corrected chi connectivity index (χ3v) is 4.95. The molecule has 1 amide bonds. The number of aliphatic hydroxyl groups is 1. The maximum absolute atomic E-state index is 12.8. The van der Waals surface area contributed by atoms with Crippen LogP contribution in [-0.2, 0) is 11.3 Å². The second kappa shape index (κ2) is 8.37. The topological polar surface area (TPSA) is 62.7 Å². The lowest BCUT2D eigenvalue weighted by atomic mass is 10.1. The van der Waals surface area contributed by atoms with Gasteiger partial charge in [-0.25, -0.2) is 4.98 Å². The van der Waals surface area contributed by atoms with Crippen LogP contribution in [0.3, 0.4) is 0 Å². The lowest BCUT2D eigenvalue weighted by Gasteiger charge is -2.24. The number of thiazole rings is 1. The molecule has 0 spiro atoms. The van der Waals surface area contributed by atoms with Gasteiger partial charge < -0.3 is 14.7 Å². The van der Waals surface area contributed by atoms with Crippen LogP contribution >= 0.6 is 11.3 Å². The third-order valence-electron chi connectivity index (χ3n) is 3.83. The van der Waals surface area contributed by atoms with E-state index in [9.17, 15) is 9.90 Å². The molecule has 1 atom stereocenters. The zero-order valence-corrected chi connectivity index (χ0v) is 15.4. The van der Waals surface area contributed by atoms with Gasteiger partial charge in [-0.05, 0) is 26.3 Å². The Morgan fingerprint density at radius 2 is 2.00 bits per heavy atom. The number of ether oxygens (including phenoxy) is 1. The predicted molar refractivity (Wildman–Crippen MR) is 95.3 cm³/mol. The lowest BCUT2D eigenvalue weighted by molar-refractivity contribution is 0.0638. The summed E-state index contributed by atoms with van der Waals surface area (Å²) in [5.41, 5.74) is 2.66. The van der Waals surface area contributed by atoms with Crippen molar-refractivity contribution in [1.29, 1.82) is 0 Å². The number of nitrogens with zero attached hydrogens (tertiary/aromatic N) is 2. The minimum Gasteiger partial charge on any atom is -0.387 e. The zero-order chi connectivity index (χ0) is 17.7. The van der Waals surface area contributed by atoms with Crippen LogP contribution in [0.15, 0.2) is 24.3 Å². The normalized spacial score (nSPS) is 12.2. The van der Waals surface area contributed by atoms with Gasteiger partial charge in [0.1, 0.15) is 9.88 Å². The minimum atomic E-state index is -0.707. The van der Waals surface area contributed by atoms with Crippen molar-refractivity contribution >= 4 is 17.2 Å². The van der Waals surface area contributed by atoms with Gasteiger partial charge in [-0.3, -0.25) is 4.79 Å². The Kier molecular flexibility index (Phi) is 6.48. The minimum absolute atomic E-state index is 0.0963. The average Bonchev–Trinajstić information content (AvgIpc) is 2.93. The van der Waals surface area contributed by atoms with Crippen molar-refractivity contribution in [2.45, 2.75) is 33.5 Å². The SMILES string of the molecule is CCN(CC(O)c1ccc(C)cc1)C(=O)c1sc(COC)nc1C. The van der Waals surface area contributed by atoms with E-state index in [0.717, 1.165) is 16.1 Å². The number of aromatic nitrogens is 1. The van der Waals surface area contributed by atoms with Crippen LogP contribution in [0.5, 0.6) is 0 Å². The molecule has 0 fully saturated rings. The Morgan fingerprint density at radius 1 is 1.33 bits per heavy atom. The van der Waals surface area contributed by atoms with E-state index in [1.807, 2.05) is 45.0 Å². The number of amides is 1. The van der Waals surface area contributed by atoms with Gasteiger partial charge in [-0.2, -0.15) is 0 Å². The first-order valence-electron chi connectivity index (χ1n) is 7.95. The molecular formula is C18H24N2O3S. The van der Waals surface area contributed by atoms with Crippen molar-refractivity contribution in [2.24, 2.45) is 0 Å². The summed E-state index contributed by atoms with van der Waals surface area (Å²) in [5.74, 6) is -0.0963. The number of carbonyl (C=O) groups is 1. The first kappa shape index (κ1) is 18.6. The fourth-order valence-corrected chi connectivity index (χ4v) is 3.44. The van der Waals surface area contributed by atoms with Crippen LogP contribution in [0.4, 0.5) is 0 Å². The number of rotatable bonds is 7. The monoisotopic (exact) mass is 348 g/mol. The third kappa shape index (κ3) is 4.41. The quantitative estimate of drug-likeness (QED) is 0.835. The van der Waals surface area contributed by atoms with Crippen LogP contribution in [0.1, 0.15) is 44.5 Å². The summed E-state index contributed by atoms with van der Waals surface area (Å²) in [4.78, 5) is 19.4. The average molecular weight is 348 g/mol. The Hall–Kier alpha value is -1.76. The van der Waals surface area contributed by atoms with E-state index >= 15 is 0 Å². The zero-order valence-electron chi connectivity index (χ0n) is 14.6. The Balaban J connectivity index is 2.12. The molecule has 24 heavy (non-hydrogen) atoms. The van der Waals surface area contributed by atoms with Gasteiger partial charge in [-0.15, -0.1) is 11.3 Å². The second-order valence-electron chi connectivity index (χ2n) is 5.73. The molecule has 1 aromatic heterocycles. The summed E-state index contributed by atoms with van der Waals surface area (Å²) in [6.07, 6.45) is -0.707. The summed E-state index contributed by atoms with van der Waals surface area (Å²) < 4.78 is 5.08. The molecule has 6 heteroatoms. The first-order valence-corrected chi connectivity index (χ1v) is 8.77. The number of benzene rings is 1. The van der Waals surface area contributed by atoms with Crippen LogP contribution in [0.25, 0.3) is 0 Å². The molecule has 1 N–H and O–H groups in total. The van der Waals surface area contributed by atoms with Gasteiger partial charge in [0.15, 0.2) is 0 Å². The lowest BCUT2D eigenvalue weighted by Crippen LogP contribution is -2.34. The maximum atomic E-state index is 12.8. The van der Waals surface area contributed by atoms with E-state index in [4.69, 9.17) is 4.74 Å². The van der Waals surface area contributed by atoms with Gasteiger partial charge in [0, 0.05) is 13.7 Å². The number of carbonyl (C=O) groups excluding carboxylic acids is 1. The van der Waals surface area contributed by atoms with E-state index in [2.05, 4.69) is 4.98 Å². The highest BCUT2D eigenvalue weighted by molar-refractivity contribution is 7.13. The van der Waals surface area contributed by atoms with Crippen molar-refractivity contribution in [3.05, 3.63) is 51.0 Å². The number of hydrogen-bond donors (Lipinski definition) is 1. The van der Waals surface area contributed by atoms with E-state index in [1.54, 1.807) is 12.0 Å². The highest BCUT2D eigenvalue weighted by atomic mass is 32.1. The molecule has 0 saturated heterocycles. The van der Waals surface area contributed by atoms with Crippen LogP contribution in [0.2, 0.25) is 0 Å². The molecule has 2 rings (SSSR count). The summed E-state index contributed by atoms with van der Waals surface area (Å²) in [6, 6.07) is 7.71. The van der Waals surface area contributed by atoms with Crippen molar-refractivity contribution in [3.8, 4) is 0 Å². The van der Waals surface area contributed by atoms with Crippen LogP contribution in [0, 0.1) is 13.8 Å². The molecule has 0 aliphatic carbocycles.